The van der Waals surface area contributed by atoms with Gasteiger partial charge in [0.25, 0.3) is 0 Å². The third kappa shape index (κ3) is 4.09. The quantitative estimate of drug-likeness (QED) is 0.573. The second-order valence-electron chi connectivity index (χ2n) is 1.97. The standard InChI is InChI=1S/C7H12O3/c1-2-3-4-5-6(8)7(9)10/h3-4,6,8H,2,5H2,1H3,(H,9,10)/b4-3+. The van der Waals surface area contributed by atoms with Crippen LogP contribution in [0.25, 0.3) is 0 Å². The van der Waals surface area contributed by atoms with Crippen LogP contribution in [0.2, 0.25) is 0 Å². The number of rotatable bonds is 4. The first-order valence-corrected chi connectivity index (χ1v) is 3.24. The third-order valence-corrected chi connectivity index (χ3v) is 1.05. The van der Waals surface area contributed by atoms with Gasteiger partial charge in [-0.25, -0.2) is 4.79 Å². The molecular weight excluding hydrogens is 132 g/mol. The van der Waals surface area contributed by atoms with Gasteiger partial charge in [0.2, 0.25) is 0 Å². The molecule has 0 bridgehead atoms. The molecule has 1 atom stereocenters. The Hall–Kier alpha value is -0.830. The lowest BCUT2D eigenvalue weighted by atomic mass is 10.2. The summed E-state index contributed by atoms with van der Waals surface area (Å²) in [5.41, 5.74) is 0. The van der Waals surface area contributed by atoms with Crippen LogP contribution in [-0.2, 0) is 4.79 Å². The van der Waals surface area contributed by atoms with Gasteiger partial charge in [0.15, 0.2) is 6.10 Å². The Morgan fingerprint density at radius 2 is 2.20 bits per heavy atom. The molecule has 0 amide bonds. The van der Waals surface area contributed by atoms with Crippen LogP contribution in [0.1, 0.15) is 19.8 Å². The van der Waals surface area contributed by atoms with Crippen molar-refractivity contribution in [2.24, 2.45) is 0 Å². The molecule has 2 N–H and O–H groups in total. The molecule has 1 unspecified atom stereocenters. The molecule has 0 fully saturated rings. The number of hydrogen-bond acceptors (Lipinski definition) is 2. The fourth-order valence-electron chi connectivity index (χ4n) is 0.493. The lowest BCUT2D eigenvalue weighted by Gasteiger charge is -1.98. The van der Waals surface area contributed by atoms with Crippen molar-refractivity contribution < 1.29 is 15.0 Å². The first-order valence-electron chi connectivity index (χ1n) is 3.24. The van der Waals surface area contributed by atoms with Gasteiger partial charge in [-0.3, -0.25) is 0 Å². The number of aliphatic carboxylic acids is 1. The van der Waals surface area contributed by atoms with E-state index in [1.54, 1.807) is 6.08 Å². The van der Waals surface area contributed by atoms with Crippen molar-refractivity contribution in [3.63, 3.8) is 0 Å². The molecule has 0 saturated heterocycles. The van der Waals surface area contributed by atoms with Crippen LogP contribution in [0.4, 0.5) is 0 Å². The van der Waals surface area contributed by atoms with Gasteiger partial charge in [-0.2, -0.15) is 0 Å². The number of hydrogen-bond donors (Lipinski definition) is 2. The zero-order valence-corrected chi connectivity index (χ0v) is 5.95. The van der Waals surface area contributed by atoms with Crippen molar-refractivity contribution >= 4 is 5.97 Å². The van der Waals surface area contributed by atoms with E-state index in [4.69, 9.17) is 10.2 Å². The summed E-state index contributed by atoms with van der Waals surface area (Å²) >= 11 is 0. The van der Waals surface area contributed by atoms with Crippen molar-refractivity contribution in [3.05, 3.63) is 12.2 Å². The van der Waals surface area contributed by atoms with E-state index in [0.717, 1.165) is 6.42 Å². The molecule has 3 heteroatoms. The van der Waals surface area contributed by atoms with Crippen LogP contribution in [-0.4, -0.2) is 22.3 Å². The monoisotopic (exact) mass is 144 g/mol. The second-order valence-corrected chi connectivity index (χ2v) is 1.97. The van der Waals surface area contributed by atoms with Gasteiger partial charge in [0.05, 0.1) is 0 Å². The molecule has 0 heterocycles. The maximum Gasteiger partial charge on any atom is 0.332 e. The minimum Gasteiger partial charge on any atom is -0.479 e. The second kappa shape index (κ2) is 4.99. The number of aliphatic hydroxyl groups excluding tert-OH is 1. The first-order chi connectivity index (χ1) is 4.68. The molecule has 0 saturated carbocycles. The summed E-state index contributed by atoms with van der Waals surface area (Å²) in [6, 6.07) is 0. The highest BCUT2D eigenvalue weighted by Crippen LogP contribution is 1.93. The van der Waals surface area contributed by atoms with Crippen LogP contribution in [0.15, 0.2) is 12.2 Å². The largest absolute Gasteiger partial charge is 0.479 e. The van der Waals surface area contributed by atoms with Crippen LogP contribution in [0, 0.1) is 0 Å². The highest BCUT2D eigenvalue weighted by atomic mass is 16.4. The Morgan fingerprint density at radius 3 is 2.60 bits per heavy atom. The van der Waals surface area contributed by atoms with E-state index in [-0.39, 0.29) is 6.42 Å². The minimum absolute atomic E-state index is 0.198. The molecule has 58 valence electrons. The highest BCUT2D eigenvalue weighted by molar-refractivity contribution is 5.72. The summed E-state index contributed by atoms with van der Waals surface area (Å²) in [6.45, 7) is 1.95. The van der Waals surface area contributed by atoms with Gasteiger partial charge in [-0.1, -0.05) is 19.1 Å². The topological polar surface area (TPSA) is 57.5 Å². The number of aliphatic hydroxyl groups is 1. The van der Waals surface area contributed by atoms with Crippen molar-refractivity contribution in [2.75, 3.05) is 0 Å². The summed E-state index contributed by atoms with van der Waals surface area (Å²) in [7, 11) is 0. The molecule has 0 aromatic carbocycles. The van der Waals surface area contributed by atoms with Gasteiger partial charge in [-0.05, 0) is 6.42 Å². The summed E-state index contributed by atoms with van der Waals surface area (Å²) < 4.78 is 0. The van der Waals surface area contributed by atoms with E-state index >= 15 is 0 Å². The zero-order valence-electron chi connectivity index (χ0n) is 5.95. The first kappa shape index (κ1) is 9.17. The number of carbonyl (C=O) groups is 1. The normalized spacial score (nSPS) is 13.8. The SMILES string of the molecule is CC/C=C/CC(O)C(=O)O. The average molecular weight is 144 g/mol. The van der Waals surface area contributed by atoms with Crippen molar-refractivity contribution in [3.8, 4) is 0 Å². The molecule has 3 nitrogen and oxygen atoms in total. The van der Waals surface area contributed by atoms with E-state index in [2.05, 4.69) is 0 Å². The van der Waals surface area contributed by atoms with Gasteiger partial charge in [0, 0.05) is 6.42 Å². The van der Waals surface area contributed by atoms with Crippen LogP contribution >= 0.6 is 0 Å². The predicted molar refractivity (Wildman–Crippen MR) is 37.7 cm³/mol. The average Bonchev–Trinajstić information content (AvgIpc) is 1.88. The summed E-state index contributed by atoms with van der Waals surface area (Å²) in [4.78, 5) is 10.0. The lowest BCUT2D eigenvalue weighted by Crippen LogP contribution is -2.17. The van der Waals surface area contributed by atoms with Crippen molar-refractivity contribution in [1.82, 2.24) is 0 Å². The molecule has 0 rings (SSSR count). The highest BCUT2D eigenvalue weighted by Gasteiger charge is 2.09. The van der Waals surface area contributed by atoms with Gasteiger partial charge in [0.1, 0.15) is 0 Å². The van der Waals surface area contributed by atoms with E-state index in [1.807, 2.05) is 13.0 Å². The number of allylic oxidation sites excluding steroid dienone is 1. The summed E-state index contributed by atoms with van der Waals surface area (Å²) in [5, 5.41) is 16.9. The third-order valence-electron chi connectivity index (χ3n) is 1.05. The molecular formula is C7H12O3. The maximum atomic E-state index is 10.0. The van der Waals surface area contributed by atoms with Crippen LogP contribution < -0.4 is 0 Å². The van der Waals surface area contributed by atoms with Crippen molar-refractivity contribution in [1.29, 1.82) is 0 Å². The smallest absolute Gasteiger partial charge is 0.332 e. The fourth-order valence-corrected chi connectivity index (χ4v) is 0.493. The molecule has 0 aromatic rings. The number of carboxylic acid groups (broad SMARTS) is 1. The van der Waals surface area contributed by atoms with Crippen LogP contribution in [0.5, 0.6) is 0 Å². The minimum atomic E-state index is -1.25. The summed E-state index contributed by atoms with van der Waals surface area (Å²) in [6.07, 6.45) is 3.31. The Kier molecular flexibility index (Phi) is 4.58. The molecule has 0 spiro atoms. The van der Waals surface area contributed by atoms with Gasteiger partial charge >= 0.3 is 5.97 Å². The number of carboxylic acids is 1. The fraction of sp³-hybridized carbons (Fsp3) is 0.571. The maximum absolute atomic E-state index is 10.0. The molecule has 0 radical (unpaired) electrons. The van der Waals surface area contributed by atoms with Crippen molar-refractivity contribution in [2.45, 2.75) is 25.9 Å². The molecule has 0 aliphatic carbocycles. The molecule has 0 aliphatic rings. The van der Waals surface area contributed by atoms with E-state index in [1.165, 1.54) is 0 Å². The summed E-state index contributed by atoms with van der Waals surface area (Å²) in [5.74, 6) is -1.17. The van der Waals surface area contributed by atoms with E-state index < -0.39 is 12.1 Å². The van der Waals surface area contributed by atoms with Crippen LogP contribution in [0.3, 0.4) is 0 Å². The molecule has 0 aliphatic heterocycles. The Morgan fingerprint density at radius 1 is 1.60 bits per heavy atom. The zero-order chi connectivity index (χ0) is 7.98. The van der Waals surface area contributed by atoms with E-state index in [0.29, 0.717) is 0 Å². The van der Waals surface area contributed by atoms with E-state index in [9.17, 15) is 4.79 Å². The van der Waals surface area contributed by atoms with Gasteiger partial charge < -0.3 is 10.2 Å². The van der Waals surface area contributed by atoms with Gasteiger partial charge in [-0.15, -0.1) is 0 Å². The molecule has 10 heavy (non-hydrogen) atoms. The Balaban J connectivity index is 3.48. The lowest BCUT2D eigenvalue weighted by molar-refractivity contribution is -0.146. The Bertz CT molecular complexity index is 129. The molecule has 0 aromatic heterocycles. The Labute approximate surface area is 60.0 Å². The predicted octanol–water partition coefficient (Wildman–Crippen LogP) is 0.788.